The number of hydrogen-bond donors (Lipinski definition) is 1. The molecule has 0 bridgehead atoms. The van der Waals surface area contributed by atoms with Crippen LogP contribution in [0.5, 0.6) is 0 Å². The molecule has 21 heavy (non-hydrogen) atoms. The molecule has 0 radical (unpaired) electrons. The van der Waals surface area contributed by atoms with Gasteiger partial charge in [0, 0.05) is 13.2 Å². The molecule has 1 amide bonds. The van der Waals surface area contributed by atoms with E-state index in [9.17, 15) is 9.59 Å². The number of aromatic nitrogens is 1. The minimum atomic E-state index is -0.206. The summed E-state index contributed by atoms with van der Waals surface area (Å²) in [6, 6.07) is 11.3. The summed E-state index contributed by atoms with van der Waals surface area (Å²) in [7, 11) is 1.65. The Balaban J connectivity index is 2.23. The van der Waals surface area contributed by atoms with E-state index in [1.54, 1.807) is 19.3 Å². The van der Waals surface area contributed by atoms with Crippen molar-refractivity contribution in [2.75, 3.05) is 5.32 Å². The number of hydrogen-bond acceptors (Lipinski definition) is 2. The summed E-state index contributed by atoms with van der Waals surface area (Å²) in [6.45, 7) is 1.98. The maximum atomic E-state index is 12.4. The first kappa shape index (κ1) is 15.5. The second-order valence-corrected chi connectivity index (χ2v) is 5.71. The predicted octanol–water partition coefficient (Wildman–Crippen LogP) is 3.28. The van der Waals surface area contributed by atoms with Crippen LogP contribution in [0.15, 0.2) is 51.9 Å². The van der Waals surface area contributed by atoms with Gasteiger partial charge in [-0.1, -0.05) is 37.3 Å². The van der Waals surface area contributed by atoms with E-state index in [-0.39, 0.29) is 17.4 Å². The van der Waals surface area contributed by atoms with Crippen molar-refractivity contribution in [1.82, 2.24) is 4.57 Å². The van der Waals surface area contributed by atoms with Gasteiger partial charge < -0.3 is 9.88 Å². The zero-order valence-electron chi connectivity index (χ0n) is 12.0. The summed E-state index contributed by atoms with van der Waals surface area (Å²) in [4.78, 5) is 24.1. The molecule has 2 aromatic rings. The van der Waals surface area contributed by atoms with Gasteiger partial charge in [0.15, 0.2) is 0 Å². The lowest BCUT2D eigenvalue weighted by atomic mass is 9.95. The van der Waals surface area contributed by atoms with Gasteiger partial charge >= 0.3 is 0 Å². The van der Waals surface area contributed by atoms with E-state index in [1.165, 1.54) is 4.57 Å². The van der Waals surface area contributed by atoms with Crippen molar-refractivity contribution in [3.05, 3.63) is 63.0 Å². The molecule has 0 aliphatic carbocycles. The van der Waals surface area contributed by atoms with E-state index in [4.69, 9.17) is 0 Å². The summed E-state index contributed by atoms with van der Waals surface area (Å²) >= 11 is 3.20. The third-order valence-corrected chi connectivity index (χ3v) is 3.90. The van der Waals surface area contributed by atoms with Crippen LogP contribution >= 0.6 is 15.9 Å². The molecule has 4 nitrogen and oxygen atoms in total. The molecule has 0 fully saturated rings. The maximum Gasteiger partial charge on any atom is 0.264 e. The third-order valence-electron chi connectivity index (χ3n) is 3.33. The number of pyridine rings is 1. The zero-order valence-corrected chi connectivity index (χ0v) is 13.6. The zero-order chi connectivity index (χ0) is 15.4. The van der Waals surface area contributed by atoms with Crippen molar-refractivity contribution in [2.45, 2.75) is 19.3 Å². The molecule has 1 N–H and O–H groups in total. The second-order valence-electron chi connectivity index (χ2n) is 4.85. The Morgan fingerprint density at radius 1 is 1.33 bits per heavy atom. The van der Waals surface area contributed by atoms with Crippen LogP contribution < -0.4 is 10.9 Å². The van der Waals surface area contributed by atoms with Gasteiger partial charge in [-0.25, -0.2) is 0 Å². The number of halogens is 1. The lowest BCUT2D eigenvalue weighted by Crippen LogP contribution is -2.23. The first-order valence-electron chi connectivity index (χ1n) is 6.75. The molecule has 1 aromatic carbocycles. The van der Waals surface area contributed by atoms with E-state index >= 15 is 0 Å². The minimum absolute atomic E-state index is 0.0748. The summed E-state index contributed by atoms with van der Waals surface area (Å²) in [6.07, 6.45) is 2.32. The van der Waals surface area contributed by atoms with Crippen molar-refractivity contribution in [2.24, 2.45) is 7.05 Å². The molecular weight excluding hydrogens is 332 g/mol. The van der Waals surface area contributed by atoms with Gasteiger partial charge in [-0.15, -0.1) is 0 Å². The number of anilines is 1. The molecule has 1 aromatic heterocycles. The molecule has 1 heterocycles. The van der Waals surface area contributed by atoms with Gasteiger partial charge in [0.1, 0.15) is 0 Å². The highest BCUT2D eigenvalue weighted by atomic mass is 79.9. The highest BCUT2D eigenvalue weighted by Crippen LogP contribution is 2.22. The molecule has 0 aliphatic heterocycles. The Labute approximate surface area is 131 Å². The number of carbonyl (C=O) groups excluding carboxylic acids is 1. The average molecular weight is 349 g/mol. The summed E-state index contributed by atoms with van der Waals surface area (Å²) in [5.74, 6) is -0.281. The smallest absolute Gasteiger partial charge is 0.264 e. The monoisotopic (exact) mass is 348 g/mol. The first-order valence-corrected chi connectivity index (χ1v) is 7.54. The fraction of sp³-hybridized carbons (Fsp3) is 0.250. The van der Waals surface area contributed by atoms with Crippen molar-refractivity contribution in [3.63, 3.8) is 0 Å². The van der Waals surface area contributed by atoms with Gasteiger partial charge in [-0.3, -0.25) is 9.59 Å². The standard InChI is InChI=1S/C16H17BrN2O2/c1-3-13(11-7-5-4-6-8-11)15(20)18-12-9-14(17)16(21)19(2)10-12/h4-10,13H,3H2,1-2H3,(H,18,20). The number of aryl methyl sites for hydroxylation is 1. The Hall–Kier alpha value is -1.88. The maximum absolute atomic E-state index is 12.4. The van der Waals surface area contributed by atoms with Crippen LogP contribution in [-0.4, -0.2) is 10.5 Å². The molecule has 5 heteroatoms. The molecule has 0 spiro atoms. The summed E-state index contributed by atoms with van der Waals surface area (Å²) < 4.78 is 1.86. The van der Waals surface area contributed by atoms with Gasteiger partial charge in [-0.2, -0.15) is 0 Å². The average Bonchev–Trinajstić information content (AvgIpc) is 2.46. The predicted molar refractivity (Wildman–Crippen MR) is 87.5 cm³/mol. The van der Waals surface area contributed by atoms with Crippen molar-refractivity contribution in [1.29, 1.82) is 0 Å². The van der Waals surface area contributed by atoms with Crippen LogP contribution in [0.4, 0.5) is 5.69 Å². The van der Waals surface area contributed by atoms with Gasteiger partial charge in [0.05, 0.1) is 16.1 Å². The number of carbonyl (C=O) groups is 1. The minimum Gasteiger partial charge on any atom is -0.324 e. The molecule has 0 saturated carbocycles. The third kappa shape index (κ3) is 3.61. The Kier molecular flexibility index (Phi) is 4.96. The van der Waals surface area contributed by atoms with Crippen LogP contribution in [0, 0.1) is 0 Å². The molecule has 0 saturated heterocycles. The SMILES string of the molecule is CCC(C(=O)Nc1cc(Br)c(=O)n(C)c1)c1ccccc1. The van der Waals surface area contributed by atoms with E-state index in [0.29, 0.717) is 16.6 Å². The molecule has 1 unspecified atom stereocenters. The van der Waals surface area contributed by atoms with Crippen LogP contribution in [0.1, 0.15) is 24.8 Å². The number of rotatable bonds is 4. The Morgan fingerprint density at radius 2 is 2.00 bits per heavy atom. The highest BCUT2D eigenvalue weighted by molar-refractivity contribution is 9.10. The largest absolute Gasteiger partial charge is 0.324 e. The molecule has 0 aliphatic rings. The first-order chi connectivity index (χ1) is 10.0. The lowest BCUT2D eigenvalue weighted by Gasteiger charge is -2.16. The Morgan fingerprint density at radius 3 is 2.57 bits per heavy atom. The highest BCUT2D eigenvalue weighted by Gasteiger charge is 2.18. The molecule has 1 atom stereocenters. The Bertz CT molecular complexity index is 669. The van der Waals surface area contributed by atoms with Gasteiger partial charge in [-0.05, 0) is 34.0 Å². The van der Waals surface area contributed by atoms with Crippen molar-refractivity contribution in [3.8, 4) is 0 Å². The fourth-order valence-electron chi connectivity index (χ4n) is 2.23. The van der Waals surface area contributed by atoms with E-state index in [1.807, 2.05) is 37.3 Å². The number of nitrogens with zero attached hydrogens (tertiary/aromatic N) is 1. The van der Waals surface area contributed by atoms with E-state index in [2.05, 4.69) is 21.2 Å². The normalized spacial score (nSPS) is 12.0. The molecule has 110 valence electrons. The van der Waals surface area contributed by atoms with Crippen molar-refractivity contribution >= 4 is 27.5 Å². The van der Waals surface area contributed by atoms with Crippen LogP contribution in [0.25, 0.3) is 0 Å². The quantitative estimate of drug-likeness (QED) is 0.921. The number of nitrogens with one attached hydrogen (secondary N) is 1. The van der Waals surface area contributed by atoms with Gasteiger partial charge in [0.2, 0.25) is 5.91 Å². The van der Waals surface area contributed by atoms with Crippen LogP contribution in [-0.2, 0) is 11.8 Å². The van der Waals surface area contributed by atoms with Crippen molar-refractivity contribution < 1.29 is 4.79 Å². The van der Waals surface area contributed by atoms with Crippen LogP contribution in [0.3, 0.4) is 0 Å². The topological polar surface area (TPSA) is 51.1 Å². The lowest BCUT2D eigenvalue weighted by molar-refractivity contribution is -0.117. The second kappa shape index (κ2) is 6.72. The van der Waals surface area contributed by atoms with Crippen LogP contribution in [0.2, 0.25) is 0 Å². The summed E-state index contributed by atoms with van der Waals surface area (Å²) in [5, 5.41) is 2.87. The molecular formula is C16H17BrN2O2. The number of amides is 1. The number of benzene rings is 1. The van der Waals surface area contributed by atoms with E-state index < -0.39 is 0 Å². The summed E-state index contributed by atoms with van der Waals surface area (Å²) in [5.41, 5.74) is 1.45. The van der Waals surface area contributed by atoms with Gasteiger partial charge in [0.25, 0.3) is 5.56 Å². The van der Waals surface area contributed by atoms with E-state index in [0.717, 1.165) is 5.56 Å². The molecule has 2 rings (SSSR count). The fourth-order valence-corrected chi connectivity index (χ4v) is 2.75.